The fourth-order valence-electron chi connectivity index (χ4n) is 2.07. The lowest BCUT2D eigenvalue weighted by Gasteiger charge is -2.35. The molecule has 0 aliphatic rings. The van der Waals surface area contributed by atoms with Gasteiger partial charge in [-0.2, -0.15) is 0 Å². The van der Waals surface area contributed by atoms with Crippen molar-refractivity contribution in [3.63, 3.8) is 0 Å². The van der Waals surface area contributed by atoms with Crippen LogP contribution in [0.5, 0.6) is 0 Å². The van der Waals surface area contributed by atoms with Crippen molar-refractivity contribution in [3.8, 4) is 0 Å². The molecule has 0 aliphatic carbocycles. The summed E-state index contributed by atoms with van der Waals surface area (Å²) in [5, 5.41) is 3.11. The fraction of sp³-hybridized carbons (Fsp3) is 0.889. The first-order valence-corrected chi connectivity index (χ1v) is 8.76. The molecule has 0 radical (unpaired) electrons. The van der Waals surface area contributed by atoms with Gasteiger partial charge in [-0.3, -0.25) is 14.5 Å². The lowest BCUT2D eigenvalue weighted by atomic mass is 9.98. The monoisotopic (exact) mass is 330 g/mol. The smallest absolute Gasteiger partial charge is 0.229 e. The molecule has 0 rings (SSSR count). The molecule has 138 valence electrons. The molecule has 2 amide bonds. The summed E-state index contributed by atoms with van der Waals surface area (Å²) >= 11 is 0. The number of carbonyl (C=O) groups excluding carboxylic acids is 2. The maximum Gasteiger partial charge on any atom is 0.229 e. The molecule has 0 unspecified atom stereocenters. The number of hydrogen-bond acceptors (Lipinski definition) is 4. The first-order valence-electron chi connectivity index (χ1n) is 8.76. The Bertz CT molecular complexity index is 328. The number of nitrogens with one attached hydrogen (secondary N) is 1. The summed E-state index contributed by atoms with van der Waals surface area (Å²) in [6.07, 6.45) is 3.33. The molecular weight excluding hydrogens is 292 g/mol. The van der Waals surface area contributed by atoms with Gasteiger partial charge in [-0.05, 0) is 60.5 Å². The number of nitrogens with zero attached hydrogens (tertiary/aromatic N) is 1. The summed E-state index contributed by atoms with van der Waals surface area (Å²) in [4.78, 5) is 24.5. The van der Waals surface area contributed by atoms with Crippen molar-refractivity contribution < 1.29 is 14.3 Å². The van der Waals surface area contributed by atoms with Gasteiger partial charge < -0.3 is 10.1 Å². The third kappa shape index (κ3) is 10.4. The van der Waals surface area contributed by atoms with Crippen molar-refractivity contribution in [1.29, 1.82) is 0 Å². The van der Waals surface area contributed by atoms with Crippen LogP contribution in [0.3, 0.4) is 0 Å². The van der Waals surface area contributed by atoms with Gasteiger partial charge in [-0.1, -0.05) is 20.8 Å². The van der Waals surface area contributed by atoms with Crippen LogP contribution in [0.1, 0.15) is 74.1 Å². The zero-order valence-electron chi connectivity index (χ0n) is 16.5. The van der Waals surface area contributed by atoms with Crippen molar-refractivity contribution >= 4 is 12.3 Å². The van der Waals surface area contributed by atoms with Crippen molar-refractivity contribution in [2.45, 2.75) is 85.3 Å². The number of rotatable bonds is 11. The third-order valence-electron chi connectivity index (χ3n) is 3.67. The molecule has 0 saturated heterocycles. The van der Waals surface area contributed by atoms with Crippen LogP contribution in [0.2, 0.25) is 0 Å². The van der Waals surface area contributed by atoms with E-state index in [-0.39, 0.29) is 11.5 Å². The molecule has 1 N–H and O–H groups in total. The van der Waals surface area contributed by atoms with Crippen molar-refractivity contribution in [2.75, 3.05) is 20.2 Å². The quantitative estimate of drug-likeness (QED) is 0.590. The highest BCUT2D eigenvalue weighted by Gasteiger charge is 2.30. The molecule has 0 aromatic heterocycles. The Morgan fingerprint density at radius 1 is 1.17 bits per heavy atom. The normalized spacial score (nSPS) is 11.5. The van der Waals surface area contributed by atoms with Gasteiger partial charge in [0.05, 0.1) is 5.60 Å². The molecule has 5 nitrogen and oxygen atoms in total. The van der Waals surface area contributed by atoms with E-state index in [1.54, 1.807) is 0 Å². The van der Waals surface area contributed by atoms with E-state index < -0.39 is 5.54 Å². The maximum absolute atomic E-state index is 12.0. The Morgan fingerprint density at radius 3 is 2.17 bits per heavy atom. The Labute approximate surface area is 143 Å². The summed E-state index contributed by atoms with van der Waals surface area (Å²) in [5.74, 6) is -0.119. The standard InChI is InChI=1S/C16H32N2O3.C2H6/c1-7-8-14(20)18(13-19)15(2,3)10-12-21-16(4,5)9-11-17-6;1-2/h13,17H,7-12H2,1-6H3;1-2H3. The fourth-order valence-corrected chi connectivity index (χ4v) is 2.07. The second-order valence-corrected chi connectivity index (χ2v) is 6.64. The first-order chi connectivity index (χ1) is 10.7. The molecule has 0 spiro atoms. The SMILES string of the molecule is CC.CCCC(=O)N(C=O)C(C)(C)CCOC(C)(C)CCNC. The third-order valence-corrected chi connectivity index (χ3v) is 3.67. The molecule has 0 bridgehead atoms. The van der Waals surface area contributed by atoms with E-state index in [2.05, 4.69) is 19.2 Å². The van der Waals surface area contributed by atoms with Gasteiger partial charge in [-0.15, -0.1) is 0 Å². The van der Waals surface area contributed by atoms with Crippen molar-refractivity contribution in [3.05, 3.63) is 0 Å². The zero-order valence-corrected chi connectivity index (χ0v) is 16.5. The molecule has 0 fully saturated rings. The van der Waals surface area contributed by atoms with Crippen LogP contribution in [0.25, 0.3) is 0 Å². The maximum atomic E-state index is 12.0. The van der Waals surface area contributed by atoms with E-state index >= 15 is 0 Å². The molecule has 5 heteroatoms. The van der Waals surface area contributed by atoms with E-state index in [0.717, 1.165) is 19.4 Å². The first kappa shape index (κ1) is 24.3. The number of imide groups is 1. The highest BCUT2D eigenvalue weighted by molar-refractivity contribution is 5.87. The summed E-state index contributed by atoms with van der Waals surface area (Å²) in [7, 11) is 1.92. The van der Waals surface area contributed by atoms with Gasteiger partial charge >= 0.3 is 0 Å². The Kier molecular flexibility index (Phi) is 13.2. The van der Waals surface area contributed by atoms with Gasteiger partial charge in [0.15, 0.2) is 0 Å². The van der Waals surface area contributed by atoms with Gasteiger partial charge in [0.1, 0.15) is 0 Å². The minimum absolute atomic E-state index is 0.119. The zero-order chi connectivity index (χ0) is 18.5. The molecule has 0 atom stereocenters. The summed E-state index contributed by atoms with van der Waals surface area (Å²) in [5.41, 5.74) is -0.731. The highest BCUT2D eigenvalue weighted by Crippen LogP contribution is 2.21. The van der Waals surface area contributed by atoms with Crippen LogP contribution in [0.15, 0.2) is 0 Å². The van der Waals surface area contributed by atoms with E-state index in [1.165, 1.54) is 4.90 Å². The second kappa shape index (κ2) is 12.5. The number of carbonyl (C=O) groups is 2. The van der Waals surface area contributed by atoms with E-state index in [4.69, 9.17) is 4.74 Å². The van der Waals surface area contributed by atoms with Crippen molar-refractivity contribution in [1.82, 2.24) is 10.2 Å². The topological polar surface area (TPSA) is 58.6 Å². The average molecular weight is 331 g/mol. The van der Waals surface area contributed by atoms with Crippen LogP contribution in [0.4, 0.5) is 0 Å². The Balaban J connectivity index is 0. The average Bonchev–Trinajstić information content (AvgIpc) is 2.47. The molecule has 0 aromatic carbocycles. The summed E-state index contributed by atoms with van der Waals surface area (Å²) in [6.45, 7) is 15.3. The van der Waals surface area contributed by atoms with Crippen LogP contribution < -0.4 is 5.32 Å². The highest BCUT2D eigenvalue weighted by atomic mass is 16.5. The van der Waals surface area contributed by atoms with Crippen molar-refractivity contribution in [2.24, 2.45) is 0 Å². The number of hydrogen-bond donors (Lipinski definition) is 1. The molecular formula is C18H38N2O3. The molecule has 0 aromatic rings. The lowest BCUT2D eigenvalue weighted by molar-refractivity contribution is -0.145. The Hall–Kier alpha value is -0.940. The van der Waals surface area contributed by atoms with Gasteiger partial charge in [-0.25, -0.2) is 0 Å². The Morgan fingerprint density at radius 2 is 1.74 bits per heavy atom. The minimum atomic E-state index is -0.521. The number of amides is 2. The van der Waals surface area contributed by atoms with Crippen LogP contribution in [-0.4, -0.2) is 48.6 Å². The molecule has 0 saturated carbocycles. The summed E-state index contributed by atoms with van der Waals surface area (Å²) in [6, 6.07) is 0. The predicted octanol–water partition coefficient (Wildman–Crippen LogP) is 3.37. The van der Waals surface area contributed by atoms with Crippen LogP contribution in [0, 0.1) is 0 Å². The largest absolute Gasteiger partial charge is 0.375 e. The lowest BCUT2D eigenvalue weighted by Crippen LogP contribution is -2.48. The van der Waals surface area contributed by atoms with E-state index in [0.29, 0.717) is 25.9 Å². The molecule has 0 aliphatic heterocycles. The van der Waals surface area contributed by atoms with Crippen LogP contribution >= 0.6 is 0 Å². The molecule has 0 heterocycles. The van der Waals surface area contributed by atoms with E-state index in [1.807, 2.05) is 41.7 Å². The van der Waals surface area contributed by atoms with Gasteiger partial charge in [0, 0.05) is 18.6 Å². The van der Waals surface area contributed by atoms with Gasteiger partial charge in [0.25, 0.3) is 0 Å². The minimum Gasteiger partial charge on any atom is -0.375 e. The van der Waals surface area contributed by atoms with Gasteiger partial charge in [0.2, 0.25) is 12.3 Å². The second-order valence-electron chi connectivity index (χ2n) is 6.64. The summed E-state index contributed by atoms with van der Waals surface area (Å²) < 4.78 is 5.91. The molecule has 23 heavy (non-hydrogen) atoms. The van der Waals surface area contributed by atoms with E-state index in [9.17, 15) is 9.59 Å². The van der Waals surface area contributed by atoms with Crippen LogP contribution in [-0.2, 0) is 14.3 Å². The number of ether oxygens (including phenoxy) is 1. The predicted molar refractivity (Wildman–Crippen MR) is 96.4 cm³/mol.